The maximum atomic E-state index is 13.3. The van der Waals surface area contributed by atoms with Gasteiger partial charge in [-0.05, 0) is 48.0 Å². The molecule has 1 aromatic heterocycles. The van der Waals surface area contributed by atoms with Crippen molar-refractivity contribution in [2.24, 2.45) is 5.10 Å². The van der Waals surface area contributed by atoms with Crippen LogP contribution in [0.15, 0.2) is 72.0 Å². The molecule has 0 unspecified atom stereocenters. The largest absolute Gasteiger partial charge is 0.508 e. The van der Waals surface area contributed by atoms with Crippen LogP contribution in [0.5, 0.6) is 5.75 Å². The fourth-order valence-electron chi connectivity index (χ4n) is 2.39. The standard InChI is InChI=1S/C19H16FN3O2/c20-16-6-1-4-14(10-16)13-23-9-3-7-17(23)12-21-22-19(25)15-5-2-8-18(24)11-15/h1-12,24H,13H2,(H,22,25)/b21-12+. The van der Waals surface area contributed by atoms with E-state index in [1.54, 1.807) is 18.2 Å². The lowest BCUT2D eigenvalue weighted by atomic mass is 10.2. The molecule has 0 spiro atoms. The first-order chi connectivity index (χ1) is 12.1. The summed E-state index contributed by atoms with van der Waals surface area (Å²) >= 11 is 0. The van der Waals surface area contributed by atoms with Gasteiger partial charge >= 0.3 is 0 Å². The molecule has 2 aromatic carbocycles. The van der Waals surface area contributed by atoms with Crippen molar-refractivity contribution in [1.29, 1.82) is 0 Å². The van der Waals surface area contributed by atoms with Gasteiger partial charge in [-0.25, -0.2) is 9.82 Å². The predicted octanol–water partition coefficient (Wildman–Crippen LogP) is 3.15. The van der Waals surface area contributed by atoms with Gasteiger partial charge < -0.3 is 9.67 Å². The molecule has 3 rings (SSSR count). The lowest BCUT2D eigenvalue weighted by Crippen LogP contribution is -2.17. The van der Waals surface area contributed by atoms with Crippen LogP contribution >= 0.6 is 0 Å². The summed E-state index contributed by atoms with van der Waals surface area (Å²) < 4.78 is 15.2. The Morgan fingerprint density at radius 3 is 2.80 bits per heavy atom. The number of phenols is 1. The van der Waals surface area contributed by atoms with E-state index in [-0.39, 0.29) is 11.6 Å². The second-order valence-corrected chi connectivity index (χ2v) is 5.44. The zero-order valence-electron chi connectivity index (χ0n) is 13.3. The third-order valence-corrected chi connectivity index (χ3v) is 3.58. The lowest BCUT2D eigenvalue weighted by molar-refractivity contribution is 0.0954. The van der Waals surface area contributed by atoms with Crippen LogP contribution in [0.2, 0.25) is 0 Å². The topological polar surface area (TPSA) is 66.6 Å². The van der Waals surface area contributed by atoms with Crippen molar-refractivity contribution in [2.75, 3.05) is 0 Å². The average molecular weight is 337 g/mol. The number of hydrogen-bond donors (Lipinski definition) is 2. The van der Waals surface area contributed by atoms with Crippen molar-refractivity contribution in [1.82, 2.24) is 9.99 Å². The summed E-state index contributed by atoms with van der Waals surface area (Å²) in [6, 6.07) is 16.1. The SMILES string of the molecule is O=C(N/N=C/c1cccn1Cc1cccc(F)c1)c1cccc(O)c1. The van der Waals surface area contributed by atoms with E-state index in [0.29, 0.717) is 12.1 Å². The Kier molecular flexibility index (Phi) is 4.89. The number of aromatic hydroxyl groups is 1. The van der Waals surface area contributed by atoms with Gasteiger partial charge in [0.15, 0.2) is 0 Å². The minimum Gasteiger partial charge on any atom is -0.508 e. The second-order valence-electron chi connectivity index (χ2n) is 5.44. The van der Waals surface area contributed by atoms with Crippen LogP contribution in [0, 0.1) is 5.82 Å². The molecule has 25 heavy (non-hydrogen) atoms. The van der Waals surface area contributed by atoms with E-state index >= 15 is 0 Å². The minimum absolute atomic E-state index is 0.0144. The van der Waals surface area contributed by atoms with Crippen LogP contribution < -0.4 is 5.43 Å². The van der Waals surface area contributed by atoms with Crippen LogP contribution in [0.25, 0.3) is 0 Å². The summed E-state index contributed by atoms with van der Waals surface area (Å²) in [7, 11) is 0. The average Bonchev–Trinajstić information content (AvgIpc) is 3.02. The molecular weight excluding hydrogens is 321 g/mol. The van der Waals surface area contributed by atoms with Crippen molar-refractivity contribution < 1.29 is 14.3 Å². The monoisotopic (exact) mass is 337 g/mol. The van der Waals surface area contributed by atoms with Crippen molar-refractivity contribution >= 4 is 12.1 Å². The van der Waals surface area contributed by atoms with E-state index < -0.39 is 5.91 Å². The van der Waals surface area contributed by atoms with E-state index in [0.717, 1.165) is 11.3 Å². The Bertz CT molecular complexity index is 918. The maximum Gasteiger partial charge on any atom is 0.271 e. The lowest BCUT2D eigenvalue weighted by Gasteiger charge is -2.06. The maximum absolute atomic E-state index is 13.3. The molecule has 0 saturated heterocycles. The van der Waals surface area contributed by atoms with Crippen LogP contribution in [0.3, 0.4) is 0 Å². The molecule has 0 aliphatic heterocycles. The van der Waals surface area contributed by atoms with Crippen molar-refractivity contribution in [3.8, 4) is 5.75 Å². The number of benzene rings is 2. The predicted molar refractivity (Wildman–Crippen MR) is 93.1 cm³/mol. The molecule has 0 fully saturated rings. The normalized spacial score (nSPS) is 10.9. The summed E-state index contributed by atoms with van der Waals surface area (Å²) in [6.07, 6.45) is 3.36. The quantitative estimate of drug-likeness (QED) is 0.555. The van der Waals surface area contributed by atoms with Crippen molar-refractivity contribution in [3.05, 3.63) is 89.5 Å². The number of phenolic OH excluding ortho intramolecular Hbond substituents is 1. The van der Waals surface area contributed by atoms with Crippen LogP contribution in [0.4, 0.5) is 4.39 Å². The molecule has 2 N–H and O–H groups in total. The highest BCUT2D eigenvalue weighted by molar-refractivity contribution is 5.95. The Balaban J connectivity index is 1.66. The van der Waals surface area contributed by atoms with Gasteiger partial charge in [0.05, 0.1) is 11.9 Å². The number of carbonyl (C=O) groups is 1. The number of nitrogens with one attached hydrogen (secondary N) is 1. The zero-order chi connectivity index (χ0) is 17.6. The summed E-state index contributed by atoms with van der Waals surface area (Å²) in [6.45, 7) is 0.493. The first-order valence-electron chi connectivity index (χ1n) is 7.64. The van der Waals surface area contributed by atoms with E-state index in [2.05, 4.69) is 10.5 Å². The Labute approximate surface area is 144 Å². The first-order valence-corrected chi connectivity index (χ1v) is 7.64. The fourth-order valence-corrected chi connectivity index (χ4v) is 2.39. The number of hydrogen-bond acceptors (Lipinski definition) is 3. The van der Waals surface area contributed by atoms with Gasteiger partial charge in [-0.15, -0.1) is 0 Å². The van der Waals surface area contributed by atoms with Gasteiger partial charge in [-0.3, -0.25) is 4.79 Å². The van der Waals surface area contributed by atoms with E-state index in [9.17, 15) is 14.3 Å². The van der Waals surface area contributed by atoms with Crippen LogP contribution in [-0.4, -0.2) is 21.8 Å². The summed E-state index contributed by atoms with van der Waals surface area (Å²) in [4.78, 5) is 12.0. The number of hydrazone groups is 1. The van der Waals surface area contributed by atoms with Gasteiger partial charge in [0, 0.05) is 18.3 Å². The minimum atomic E-state index is -0.421. The molecule has 1 amide bonds. The van der Waals surface area contributed by atoms with Crippen molar-refractivity contribution in [2.45, 2.75) is 6.54 Å². The molecule has 126 valence electrons. The molecule has 0 radical (unpaired) electrons. The highest BCUT2D eigenvalue weighted by Gasteiger charge is 2.05. The second kappa shape index (κ2) is 7.44. The third-order valence-electron chi connectivity index (χ3n) is 3.58. The van der Waals surface area contributed by atoms with Crippen LogP contribution in [-0.2, 0) is 6.54 Å². The van der Waals surface area contributed by atoms with E-state index in [1.807, 2.05) is 29.0 Å². The summed E-state index contributed by atoms with van der Waals surface area (Å²) in [5.41, 5.74) is 4.32. The number of aromatic nitrogens is 1. The third kappa shape index (κ3) is 4.32. The molecule has 5 nitrogen and oxygen atoms in total. The van der Waals surface area contributed by atoms with Gasteiger partial charge in [-0.1, -0.05) is 18.2 Å². The molecule has 0 aliphatic rings. The van der Waals surface area contributed by atoms with Gasteiger partial charge in [-0.2, -0.15) is 5.10 Å². The Morgan fingerprint density at radius 1 is 1.16 bits per heavy atom. The number of rotatable bonds is 5. The summed E-state index contributed by atoms with van der Waals surface area (Å²) in [5.74, 6) is -0.686. The Hall–Kier alpha value is -3.41. The molecule has 6 heteroatoms. The fraction of sp³-hybridized carbons (Fsp3) is 0.0526. The molecule has 0 saturated carbocycles. The highest BCUT2D eigenvalue weighted by atomic mass is 19.1. The molecular formula is C19H16FN3O2. The van der Waals surface area contributed by atoms with Gasteiger partial charge in [0.1, 0.15) is 11.6 Å². The number of amides is 1. The van der Waals surface area contributed by atoms with Gasteiger partial charge in [0.2, 0.25) is 0 Å². The molecule has 3 aromatic rings. The number of nitrogens with zero attached hydrogens (tertiary/aromatic N) is 2. The number of halogens is 1. The molecule has 0 bridgehead atoms. The van der Waals surface area contributed by atoms with Crippen LogP contribution in [0.1, 0.15) is 21.6 Å². The first kappa shape index (κ1) is 16.4. The molecule has 1 heterocycles. The van der Waals surface area contributed by atoms with Crippen molar-refractivity contribution in [3.63, 3.8) is 0 Å². The summed E-state index contributed by atoms with van der Waals surface area (Å²) in [5, 5.41) is 13.3. The molecule has 0 atom stereocenters. The van der Waals surface area contributed by atoms with E-state index in [1.165, 1.54) is 30.5 Å². The molecule has 0 aliphatic carbocycles. The zero-order valence-corrected chi connectivity index (χ0v) is 13.3. The number of carbonyl (C=O) groups excluding carboxylic acids is 1. The van der Waals surface area contributed by atoms with Gasteiger partial charge in [0.25, 0.3) is 5.91 Å². The Morgan fingerprint density at radius 2 is 2.00 bits per heavy atom. The van der Waals surface area contributed by atoms with E-state index in [4.69, 9.17) is 0 Å². The smallest absolute Gasteiger partial charge is 0.271 e. The highest BCUT2D eigenvalue weighted by Crippen LogP contribution is 2.11.